The van der Waals surface area contributed by atoms with Crippen LogP contribution in [0.3, 0.4) is 0 Å². The zero-order chi connectivity index (χ0) is 14.8. The number of likely N-dealkylation sites (tertiary alicyclic amines) is 1. The van der Waals surface area contributed by atoms with E-state index in [-0.39, 0.29) is 17.7 Å². The fraction of sp³-hybridized carbons (Fsp3) is 0.500. The largest absolute Gasteiger partial charge is 0.353 e. The normalized spacial score (nSPS) is 22.0. The standard InChI is InChI=1S/C16H19ClN2O2/c17-13-5-3-11(4-6-13)16(21)19-9-1-2-12(10-19)15(20)18-14-7-8-14/h3-6,12,14H,1-2,7-10H2,(H,18,20). The third-order valence-electron chi connectivity index (χ3n) is 4.09. The van der Waals surface area contributed by atoms with Gasteiger partial charge in [0.2, 0.25) is 5.91 Å². The van der Waals surface area contributed by atoms with E-state index >= 15 is 0 Å². The Hall–Kier alpha value is -1.55. The molecule has 2 aliphatic rings. The molecule has 0 bridgehead atoms. The van der Waals surface area contributed by atoms with E-state index in [2.05, 4.69) is 5.32 Å². The van der Waals surface area contributed by atoms with Gasteiger partial charge in [0.1, 0.15) is 0 Å². The number of rotatable bonds is 3. The van der Waals surface area contributed by atoms with E-state index in [0.717, 1.165) is 25.7 Å². The van der Waals surface area contributed by atoms with Crippen molar-refractivity contribution in [2.45, 2.75) is 31.7 Å². The summed E-state index contributed by atoms with van der Waals surface area (Å²) in [4.78, 5) is 26.4. The van der Waals surface area contributed by atoms with Crippen LogP contribution in [-0.4, -0.2) is 35.8 Å². The Bertz CT molecular complexity index is 540. The van der Waals surface area contributed by atoms with Crippen molar-refractivity contribution in [1.29, 1.82) is 0 Å². The van der Waals surface area contributed by atoms with Gasteiger partial charge >= 0.3 is 0 Å². The zero-order valence-corrected chi connectivity index (χ0v) is 12.6. The fourth-order valence-corrected chi connectivity index (χ4v) is 2.82. The molecule has 1 heterocycles. The van der Waals surface area contributed by atoms with Crippen molar-refractivity contribution in [3.05, 3.63) is 34.9 Å². The van der Waals surface area contributed by atoms with Gasteiger partial charge in [-0.2, -0.15) is 0 Å². The molecule has 1 aliphatic heterocycles. The number of hydrogen-bond acceptors (Lipinski definition) is 2. The van der Waals surface area contributed by atoms with Gasteiger partial charge in [0.25, 0.3) is 5.91 Å². The molecule has 1 aliphatic carbocycles. The summed E-state index contributed by atoms with van der Waals surface area (Å²) in [5, 5.41) is 3.65. The predicted octanol–water partition coefficient (Wildman–Crippen LogP) is 2.47. The monoisotopic (exact) mass is 306 g/mol. The van der Waals surface area contributed by atoms with Gasteiger partial charge in [0.15, 0.2) is 0 Å². The van der Waals surface area contributed by atoms with Gasteiger partial charge < -0.3 is 10.2 Å². The molecule has 0 spiro atoms. The predicted molar refractivity (Wildman–Crippen MR) is 81.2 cm³/mol. The van der Waals surface area contributed by atoms with Gasteiger partial charge in [0.05, 0.1) is 5.92 Å². The Morgan fingerprint density at radius 1 is 1.14 bits per heavy atom. The molecular weight excluding hydrogens is 288 g/mol. The summed E-state index contributed by atoms with van der Waals surface area (Å²) in [5.41, 5.74) is 0.627. The van der Waals surface area contributed by atoms with Gasteiger partial charge in [-0.1, -0.05) is 11.6 Å². The lowest BCUT2D eigenvalue weighted by Gasteiger charge is -2.32. The van der Waals surface area contributed by atoms with Crippen molar-refractivity contribution in [2.24, 2.45) is 5.92 Å². The van der Waals surface area contributed by atoms with Crippen LogP contribution >= 0.6 is 11.6 Å². The summed E-state index contributed by atoms with van der Waals surface area (Å²) < 4.78 is 0. The number of halogens is 1. The first-order chi connectivity index (χ1) is 10.1. The minimum absolute atomic E-state index is 0.0180. The van der Waals surface area contributed by atoms with Crippen molar-refractivity contribution in [2.75, 3.05) is 13.1 Å². The zero-order valence-electron chi connectivity index (χ0n) is 11.8. The molecule has 1 atom stereocenters. The number of benzene rings is 1. The highest BCUT2D eigenvalue weighted by Gasteiger charge is 2.32. The first-order valence-corrected chi connectivity index (χ1v) is 7.86. The molecule has 1 N–H and O–H groups in total. The van der Waals surface area contributed by atoms with E-state index in [9.17, 15) is 9.59 Å². The summed E-state index contributed by atoms with van der Waals surface area (Å²) in [7, 11) is 0. The van der Waals surface area contributed by atoms with E-state index in [1.807, 2.05) is 0 Å². The maximum atomic E-state index is 12.5. The molecule has 0 radical (unpaired) electrons. The smallest absolute Gasteiger partial charge is 0.253 e. The first-order valence-electron chi connectivity index (χ1n) is 7.49. The Morgan fingerprint density at radius 2 is 1.86 bits per heavy atom. The number of amides is 2. The molecule has 1 saturated heterocycles. The first kappa shape index (κ1) is 14.4. The maximum Gasteiger partial charge on any atom is 0.253 e. The van der Waals surface area contributed by atoms with Crippen LogP contribution in [0.25, 0.3) is 0 Å². The summed E-state index contributed by atoms with van der Waals surface area (Å²) in [6.07, 6.45) is 3.92. The van der Waals surface area contributed by atoms with Crippen molar-refractivity contribution >= 4 is 23.4 Å². The second-order valence-electron chi connectivity index (χ2n) is 5.88. The molecule has 2 fully saturated rings. The summed E-state index contributed by atoms with van der Waals surface area (Å²) in [6, 6.07) is 7.28. The summed E-state index contributed by atoms with van der Waals surface area (Å²) >= 11 is 5.84. The minimum atomic E-state index is -0.0735. The van der Waals surface area contributed by atoms with E-state index in [1.54, 1.807) is 29.2 Å². The average Bonchev–Trinajstić information content (AvgIpc) is 3.31. The quantitative estimate of drug-likeness (QED) is 0.932. The van der Waals surface area contributed by atoms with E-state index in [4.69, 9.17) is 11.6 Å². The number of piperidine rings is 1. The minimum Gasteiger partial charge on any atom is -0.353 e. The Morgan fingerprint density at radius 3 is 2.52 bits per heavy atom. The van der Waals surface area contributed by atoms with Gasteiger partial charge in [-0.3, -0.25) is 9.59 Å². The molecule has 4 nitrogen and oxygen atoms in total. The molecule has 1 saturated carbocycles. The molecule has 112 valence electrons. The molecule has 21 heavy (non-hydrogen) atoms. The Kier molecular flexibility index (Phi) is 4.15. The topological polar surface area (TPSA) is 49.4 Å². The van der Waals surface area contributed by atoms with E-state index in [0.29, 0.717) is 29.7 Å². The molecule has 1 unspecified atom stereocenters. The van der Waals surface area contributed by atoms with Crippen molar-refractivity contribution in [1.82, 2.24) is 10.2 Å². The third-order valence-corrected chi connectivity index (χ3v) is 4.35. The highest BCUT2D eigenvalue weighted by Crippen LogP contribution is 2.23. The number of nitrogens with one attached hydrogen (secondary N) is 1. The SMILES string of the molecule is O=C(NC1CC1)C1CCCN(C(=O)c2ccc(Cl)cc2)C1. The number of hydrogen-bond donors (Lipinski definition) is 1. The molecule has 3 rings (SSSR count). The van der Waals surface area contributed by atoms with Gasteiger partial charge in [-0.15, -0.1) is 0 Å². The lowest BCUT2D eigenvalue weighted by Crippen LogP contribution is -2.45. The molecule has 0 aromatic heterocycles. The van der Waals surface area contributed by atoms with Gasteiger partial charge in [0, 0.05) is 29.7 Å². The number of carbonyl (C=O) groups is 2. The highest BCUT2D eigenvalue weighted by molar-refractivity contribution is 6.30. The van der Waals surface area contributed by atoms with Crippen molar-refractivity contribution < 1.29 is 9.59 Å². The Balaban J connectivity index is 1.63. The molecular formula is C16H19ClN2O2. The average molecular weight is 307 g/mol. The lowest BCUT2D eigenvalue weighted by molar-refractivity contribution is -0.126. The number of carbonyl (C=O) groups excluding carboxylic acids is 2. The summed E-state index contributed by atoms with van der Waals surface area (Å²) in [6.45, 7) is 1.23. The van der Waals surface area contributed by atoms with Crippen LogP contribution in [0.5, 0.6) is 0 Å². The van der Waals surface area contributed by atoms with E-state index < -0.39 is 0 Å². The maximum absolute atomic E-state index is 12.5. The van der Waals surface area contributed by atoms with Crippen molar-refractivity contribution in [3.8, 4) is 0 Å². The molecule has 5 heteroatoms. The lowest BCUT2D eigenvalue weighted by atomic mass is 9.96. The fourth-order valence-electron chi connectivity index (χ4n) is 2.70. The molecule has 2 amide bonds. The van der Waals surface area contributed by atoms with Gasteiger partial charge in [-0.25, -0.2) is 0 Å². The van der Waals surface area contributed by atoms with Crippen LogP contribution in [0.4, 0.5) is 0 Å². The summed E-state index contributed by atoms with van der Waals surface area (Å²) in [5.74, 6) is 0.0114. The van der Waals surface area contributed by atoms with Crippen LogP contribution < -0.4 is 5.32 Å². The molecule has 1 aromatic carbocycles. The van der Waals surface area contributed by atoms with Crippen LogP contribution in [0.15, 0.2) is 24.3 Å². The second-order valence-corrected chi connectivity index (χ2v) is 6.32. The molecule has 1 aromatic rings. The van der Waals surface area contributed by atoms with Crippen LogP contribution in [0.1, 0.15) is 36.0 Å². The van der Waals surface area contributed by atoms with E-state index in [1.165, 1.54) is 0 Å². The van der Waals surface area contributed by atoms with Gasteiger partial charge in [-0.05, 0) is 49.9 Å². The van der Waals surface area contributed by atoms with Crippen LogP contribution in [0, 0.1) is 5.92 Å². The second kappa shape index (κ2) is 6.06. The Labute approximate surface area is 129 Å². The highest BCUT2D eigenvalue weighted by atomic mass is 35.5. The third kappa shape index (κ3) is 3.56. The number of nitrogens with zero attached hydrogens (tertiary/aromatic N) is 1. The van der Waals surface area contributed by atoms with Crippen molar-refractivity contribution in [3.63, 3.8) is 0 Å². The van der Waals surface area contributed by atoms with Crippen LogP contribution in [0.2, 0.25) is 5.02 Å². The van der Waals surface area contributed by atoms with Crippen LogP contribution in [-0.2, 0) is 4.79 Å².